The molecule has 0 saturated carbocycles. The fourth-order valence-electron chi connectivity index (χ4n) is 2.52. The largest absolute Gasteiger partial charge is 0.392 e. The smallest absolute Gasteiger partial charge is 0.0891 e. The zero-order chi connectivity index (χ0) is 13.7. The minimum Gasteiger partial charge on any atom is -0.392 e. The third-order valence-corrected chi connectivity index (χ3v) is 5.87. The summed E-state index contributed by atoms with van der Waals surface area (Å²) in [6, 6.07) is 4.13. The van der Waals surface area contributed by atoms with Gasteiger partial charge in [0, 0.05) is 18.9 Å². The van der Waals surface area contributed by atoms with Crippen LogP contribution in [0.3, 0.4) is 0 Å². The Kier molecular flexibility index (Phi) is 5.19. The highest BCUT2D eigenvalue weighted by Crippen LogP contribution is 2.34. The van der Waals surface area contributed by atoms with E-state index in [1.165, 1.54) is 5.56 Å². The quantitative estimate of drug-likeness (QED) is 0.843. The maximum absolute atomic E-state index is 5.91. The number of hydrogen-bond acceptors (Lipinski definition) is 4. The molecular weight excluding hydrogens is 274 g/mol. The molecule has 0 atom stereocenters. The molecule has 0 aromatic carbocycles. The molecule has 104 valence electrons. The standard InChI is InChI=1S/C14H21N3S2/c1-19-14(13(15)18)5-9-17(10-6-14)8-4-12-3-2-7-16-11-12/h2-3,7,11H,4-6,8-10H2,1H3,(H2,15,18). The SMILES string of the molecule is CSC1(C(N)=S)CCN(CCc2cccnc2)CC1. The van der Waals surface area contributed by atoms with Crippen molar-refractivity contribution >= 4 is 29.0 Å². The van der Waals surface area contributed by atoms with E-state index in [0.29, 0.717) is 4.99 Å². The Hall–Kier alpha value is -0.650. The number of hydrogen-bond donors (Lipinski definition) is 1. The van der Waals surface area contributed by atoms with Crippen molar-refractivity contribution in [2.45, 2.75) is 24.0 Å². The zero-order valence-corrected chi connectivity index (χ0v) is 13.0. The molecule has 5 heteroatoms. The van der Waals surface area contributed by atoms with Gasteiger partial charge in [-0.15, -0.1) is 0 Å². The molecule has 2 rings (SSSR count). The normalized spacial score (nSPS) is 19.2. The first kappa shape index (κ1) is 14.8. The van der Waals surface area contributed by atoms with Crippen LogP contribution in [-0.2, 0) is 6.42 Å². The van der Waals surface area contributed by atoms with Crippen molar-refractivity contribution in [3.63, 3.8) is 0 Å². The van der Waals surface area contributed by atoms with Gasteiger partial charge in [0.1, 0.15) is 0 Å². The van der Waals surface area contributed by atoms with E-state index < -0.39 is 0 Å². The Bertz CT molecular complexity index is 414. The number of rotatable bonds is 5. The van der Waals surface area contributed by atoms with Crippen molar-refractivity contribution in [2.24, 2.45) is 5.73 Å². The molecule has 3 nitrogen and oxygen atoms in total. The Morgan fingerprint density at radius 1 is 1.53 bits per heavy atom. The summed E-state index contributed by atoms with van der Waals surface area (Å²) in [6.07, 6.45) is 9.08. The third-order valence-electron chi connectivity index (χ3n) is 3.94. The second kappa shape index (κ2) is 6.68. The molecule has 0 spiro atoms. The molecule has 0 unspecified atom stereocenters. The number of thioether (sulfide) groups is 1. The van der Waals surface area contributed by atoms with Crippen molar-refractivity contribution in [1.82, 2.24) is 9.88 Å². The van der Waals surface area contributed by atoms with Gasteiger partial charge in [0.15, 0.2) is 0 Å². The predicted molar refractivity (Wildman–Crippen MR) is 86.6 cm³/mol. The van der Waals surface area contributed by atoms with E-state index in [4.69, 9.17) is 18.0 Å². The van der Waals surface area contributed by atoms with Crippen molar-refractivity contribution in [3.8, 4) is 0 Å². The number of thiocarbonyl (C=S) groups is 1. The number of likely N-dealkylation sites (tertiary alicyclic amines) is 1. The number of piperidine rings is 1. The summed E-state index contributed by atoms with van der Waals surface area (Å²) in [5, 5.41) is 0. The molecular formula is C14H21N3S2. The van der Waals surface area contributed by atoms with Crippen molar-refractivity contribution in [2.75, 3.05) is 25.9 Å². The van der Waals surface area contributed by atoms with E-state index in [1.807, 2.05) is 30.2 Å². The molecule has 0 bridgehead atoms. The van der Waals surface area contributed by atoms with Crippen LogP contribution < -0.4 is 5.73 Å². The molecule has 0 amide bonds. The summed E-state index contributed by atoms with van der Waals surface area (Å²) < 4.78 is 0.0279. The summed E-state index contributed by atoms with van der Waals surface area (Å²) >= 11 is 7.05. The first-order valence-electron chi connectivity index (χ1n) is 6.62. The molecule has 1 aliphatic rings. The number of nitrogens with zero attached hydrogens (tertiary/aromatic N) is 2. The van der Waals surface area contributed by atoms with Crippen LogP contribution in [0.1, 0.15) is 18.4 Å². The zero-order valence-electron chi connectivity index (χ0n) is 11.3. The van der Waals surface area contributed by atoms with E-state index >= 15 is 0 Å². The highest BCUT2D eigenvalue weighted by Gasteiger charge is 2.36. The van der Waals surface area contributed by atoms with E-state index in [9.17, 15) is 0 Å². The number of nitrogens with two attached hydrogens (primary N) is 1. The molecule has 2 N–H and O–H groups in total. The second-order valence-electron chi connectivity index (χ2n) is 5.02. The van der Waals surface area contributed by atoms with Gasteiger partial charge in [-0.2, -0.15) is 11.8 Å². The van der Waals surface area contributed by atoms with Crippen molar-refractivity contribution in [3.05, 3.63) is 30.1 Å². The Morgan fingerprint density at radius 3 is 2.79 bits per heavy atom. The van der Waals surface area contributed by atoms with Crippen molar-refractivity contribution < 1.29 is 0 Å². The Morgan fingerprint density at radius 2 is 2.26 bits per heavy atom. The van der Waals surface area contributed by atoms with Crippen LogP contribution in [0.2, 0.25) is 0 Å². The van der Waals surface area contributed by atoms with Crippen LogP contribution in [0.15, 0.2) is 24.5 Å². The number of aromatic nitrogens is 1. The van der Waals surface area contributed by atoms with Crippen LogP contribution >= 0.6 is 24.0 Å². The minimum atomic E-state index is 0.0279. The van der Waals surface area contributed by atoms with Crippen LogP contribution in [-0.4, -0.2) is 45.5 Å². The van der Waals surface area contributed by atoms with E-state index in [0.717, 1.165) is 38.9 Å². The lowest BCUT2D eigenvalue weighted by atomic mass is 9.95. The molecule has 1 aromatic heterocycles. The van der Waals surface area contributed by atoms with Gasteiger partial charge in [-0.3, -0.25) is 4.98 Å². The molecule has 1 aromatic rings. The van der Waals surface area contributed by atoms with Crippen LogP contribution in [0.25, 0.3) is 0 Å². The average Bonchev–Trinajstić information content (AvgIpc) is 2.46. The van der Waals surface area contributed by atoms with Gasteiger partial charge >= 0.3 is 0 Å². The Balaban J connectivity index is 1.82. The first-order chi connectivity index (χ1) is 9.16. The van der Waals surface area contributed by atoms with E-state index in [2.05, 4.69) is 22.2 Å². The van der Waals surface area contributed by atoms with Crippen molar-refractivity contribution in [1.29, 1.82) is 0 Å². The maximum Gasteiger partial charge on any atom is 0.0891 e. The highest BCUT2D eigenvalue weighted by atomic mass is 32.2. The van der Waals surface area contributed by atoms with Gasteiger partial charge in [0.05, 0.1) is 9.74 Å². The van der Waals surface area contributed by atoms with Crippen LogP contribution in [0, 0.1) is 0 Å². The fourth-order valence-corrected chi connectivity index (χ4v) is 3.77. The molecule has 2 heterocycles. The summed E-state index contributed by atoms with van der Waals surface area (Å²) in [5.41, 5.74) is 7.21. The molecule has 1 saturated heterocycles. The summed E-state index contributed by atoms with van der Waals surface area (Å²) in [6.45, 7) is 3.25. The summed E-state index contributed by atoms with van der Waals surface area (Å²) in [7, 11) is 0. The molecule has 0 radical (unpaired) electrons. The average molecular weight is 295 g/mol. The Labute approximate surface area is 125 Å². The molecule has 1 fully saturated rings. The van der Waals surface area contributed by atoms with Gasteiger partial charge in [0.25, 0.3) is 0 Å². The molecule has 1 aliphatic heterocycles. The lowest BCUT2D eigenvalue weighted by Gasteiger charge is -2.40. The van der Waals surface area contributed by atoms with E-state index in [-0.39, 0.29) is 4.75 Å². The van der Waals surface area contributed by atoms with E-state index in [1.54, 1.807) is 0 Å². The van der Waals surface area contributed by atoms with Gasteiger partial charge in [-0.05, 0) is 50.2 Å². The third kappa shape index (κ3) is 3.68. The molecule has 19 heavy (non-hydrogen) atoms. The van der Waals surface area contributed by atoms with Gasteiger partial charge in [0.2, 0.25) is 0 Å². The van der Waals surface area contributed by atoms with Crippen LogP contribution in [0.4, 0.5) is 0 Å². The van der Waals surface area contributed by atoms with Gasteiger partial charge in [-0.1, -0.05) is 18.3 Å². The summed E-state index contributed by atoms with van der Waals surface area (Å²) in [4.78, 5) is 7.33. The first-order valence-corrected chi connectivity index (χ1v) is 8.26. The second-order valence-corrected chi connectivity index (χ2v) is 6.65. The highest BCUT2D eigenvalue weighted by molar-refractivity contribution is 8.02. The minimum absolute atomic E-state index is 0.0279. The monoisotopic (exact) mass is 295 g/mol. The fraction of sp³-hybridized carbons (Fsp3) is 0.571. The topological polar surface area (TPSA) is 42.1 Å². The van der Waals surface area contributed by atoms with Gasteiger partial charge in [-0.25, -0.2) is 0 Å². The lowest BCUT2D eigenvalue weighted by Crippen LogP contribution is -2.49. The lowest BCUT2D eigenvalue weighted by molar-refractivity contribution is 0.223. The number of pyridine rings is 1. The molecule has 0 aliphatic carbocycles. The van der Waals surface area contributed by atoms with Crippen LogP contribution in [0.5, 0.6) is 0 Å². The van der Waals surface area contributed by atoms with Gasteiger partial charge < -0.3 is 10.6 Å². The maximum atomic E-state index is 5.91. The summed E-state index contributed by atoms with van der Waals surface area (Å²) in [5.74, 6) is 0. The predicted octanol–water partition coefficient (Wildman–Crippen LogP) is 2.11.